The number of hydrogen-bond donors (Lipinski definition) is 0. The summed E-state index contributed by atoms with van der Waals surface area (Å²) in [6.07, 6.45) is 5.70. The standard InChI is InChI=1S/C35H52ClN3/c1-21-25(13-28-15-30(21)34(28,3)4)18-38(7)17-23-9-10-32-24(11-23)12-27(33(36)37-32)20-39(8)19-26-14-29-16-31(22(26)2)35(29,5)6/h9-12,21-22,25-26,28-31H,13-20H2,1-8H3/t21-,22-,25-,26-,28+,29+,30+,31+/m1/s1. The van der Waals surface area contributed by atoms with E-state index in [1.54, 1.807) is 0 Å². The fourth-order valence-electron chi connectivity index (χ4n) is 9.98. The second-order valence-corrected chi connectivity index (χ2v) is 16.1. The Bertz CT molecular complexity index is 1220. The van der Waals surface area contributed by atoms with Crippen molar-refractivity contribution in [3.63, 3.8) is 0 Å². The van der Waals surface area contributed by atoms with Crippen LogP contribution in [-0.4, -0.2) is 42.0 Å². The summed E-state index contributed by atoms with van der Waals surface area (Å²) in [5.41, 5.74) is 4.66. The van der Waals surface area contributed by atoms with Gasteiger partial charge in [0, 0.05) is 37.1 Å². The molecule has 0 aliphatic heterocycles. The Balaban J connectivity index is 1.08. The van der Waals surface area contributed by atoms with Crippen LogP contribution in [0.3, 0.4) is 0 Å². The Morgan fingerprint density at radius 1 is 0.795 bits per heavy atom. The monoisotopic (exact) mass is 549 g/mol. The van der Waals surface area contributed by atoms with Gasteiger partial charge >= 0.3 is 0 Å². The minimum Gasteiger partial charge on any atom is -0.302 e. The molecule has 2 aromatic rings. The molecule has 1 aromatic heterocycles. The summed E-state index contributed by atoms with van der Waals surface area (Å²) in [6, 6.07) is 9.06. The first-order chi connectivity index (χ1) is 18.3. The van der Waals surface area contributed by atoms with Gasteiger partial charge in [0.2, 0.25) is 0 Å². The highest BCUT2D eigenvalue weighted by molar-refractivity contribution is 6.30. The van der Waals surface area contributed by atoms with E-state index in [0.717, 1.165) is 78.1 Å². The third-order valence-electron chi connectivity index (χ3n) is 12.9. The maximum Gasteiger partial charge on any atom is 0.134 e. The quantitative estimate of drug-likeness (QED) is 0.308. The maximum atomic E-state index is 6.72. The lowest BCUT2D eigenvalue weighted by molar-refractivity contribution is -0.132. The van der Waals surface area contributed by atoms with Crippen LogP contribution in [0.5, 0.6) is 0 Å². The molecule has 3 nitrogen and oxygen atoms in total. The van der Waals surface area contributed by atoms with Gasteiger partial charge in [-0.3, -0.25) is 0 Å². The Kier molecular flexibility index (Phi) is 7.16. The highest BCUT2D eigenvalue weighted by Gasteiger charge is 2.57. The lowest BCUT2D eigenvalue weighted by atomic mass is 9.43. The van der Waals surface area contributed by atoms with E-state index in [4.69, 9.17) is 16.6 Å². The minimum absolute atomic E-state index is 0.553. The molecular weight excluding hydrogens is 498 g/mol. The van der Waals surface area contributed by atoms with E-state index < -0.39 is 0 Å². The van der Waals surface area contributed by atoms with Gasteiger partial charge in [-0.05, 0) is 122 Å². The number of nitrogens with zero attached hydrogens (tertiary/aromatic N) is 3. The van der Waals surface area contributed by atoms with Crippen molar-refractivity contribution in [3.05, 3.63) is 40.5 Å². The first-order valence-corrected chi connectivity index (χ1v) is 16.2. The zero-order valence-corrected chi connectivity index (χ0v) is 26.6. The fraction of sp³-hybridized carbons (Fsp3) is 0.743. The summed E-state index contributed by atoms with van der Waals surface area (Å²) in [7, 11) is 4.57. The van der Waals surface area contributed by atoms with Crippen LogP contribution in [0.1, 0.15) is 78.4 Å². The van der Waals surface area contributed by atoms with Crippen molar-refractivity contribution in [1.29, 1.82) is 0 Å². The Morgan fingerprint density at radius 2 is 1.33 bits per heavy atom. The molecule has 4 bridgehead atoms. The summed E-state index contributed by atoms with van der Waals surface area (Å²) in [5, 5.41) is 1.88. The Hall–Kier alpha value is -1.16. The molecule has 0 saturated heterocycles. The highest BCUT2D eigenvalue weighted by atomic mass is 35.5. The lowest BCUT2D eigenvalue weighted by Crippen LogP contribution is -2.56. The molecular formula is C35H52ClN3. The highest BCUT2D eigenvalue weighted by Crippen LogP contribution is 2.64. The van der Waals surface area contributed by atoms with Crippen LogP contribution in [0, 0.1) is 58.2 Å². The molecule has 39 heavy (non-hydrogen) atoms. The molecule has 8 atom stereocenters. The van der Waals surface area contributed by atoms with E-state index in [9.17, 15) is 0 Å². The molecule has 4 heteroatoms. The predicted octanol–water partition coefficient (Wildman–Crippen LogP) is 8.39. The van der Waals surface area contributed by atoms with Gasteiger partial charge in [0.15, 0.2) is 0 Å². The maximum absolute atomic E-state index is 6.72. The summed E-state index contributed by atoms with van der Waals surface area (Å²) in [4.78, 5) is 9.84. The predicted molar refractivity (Wildman–Crippen MR) is 165 cm³/mol. The average Bonchev–Trinajstić information content (AvgIpc) is 2.86. The third kappa shape index (κ3) is 4.87. The van der Waals surface area contributed by atoms with Crippen molar-refractivity contribution in [2.45, 2.75) is 80.3 Å². The molecule has 0 N–H and O–H groups in total. The van der Waals surface area contributed by atoms with E-state index in [2.05, 4.69) is 89.7 Å². The number of fused-ring (bicyclic) bond motifs is 5. The first kappa shape index (κ1) is 28.0. The van der Waals surface area contributed by atoms with Crippen LogP contribution in [0.25, 0.3) is 10.9 Å². The van der Waals surface area contributed by atoms with Crippen LogP contribution in [-0.2, 0) is 13.1 Å². The van der Waals surface area contributed by atoms with Crippen molar-refractivity contribution in [2.75, 3.05) is 27.2 Å². The van der Waals surface area contributed by atoms with E-state index in [0.29, 0.717) is 16.0 Å². The Labute approximate surface area is 243 Å². The van der Waals surface area contributed by atoms with Crippen LogP contribution >= 0.6 is 11.6 Å². The lowest BCUT2D eigenvalue weighted by Gasteiger charge is -2.62. The minimum atomic E-state index is 0.553. The third-order valence-corrected chi connectivity index (χ3v) is 13.2. The van der Waals surface area contributed by atoms with Gasteiger partial charge in [-0.25, -0.2) is 4.98 Å². The van der Waals surface area contributed by atoms with Crippen molar-refractivity contribution in [1.82, 2.24) is 14.8 Å². The second kappa shape index (κ2) is 9.99. The van der Waals surface area contributed by atoms with Crippen molar-refractivity contribution < 1.29 is 0 Å². The molecule has 8 rings (SSSR count). The van der Waals surface area contributed by atoms with E-state index >= 15 is 0 Å². The average molecular weight is 550 g/mol. The van der Waals surface area contributed by atoms with Crippen LogP contribution < -0.4 is 0 Å². The smallest absolute Gasteiger partial charge is 0.134 e. The van der Waals surface area contributed by atoms with Crippen molar-refractivity contribution in [2.24, 2.45) is 58.2 Å². The largest absolute Gasteiger partial charge is 0.302 e. The molecule has 1 aromatic carbocycles. The van der Waals surface area contributed by atoms with Crippen molar-refractivity contribution >= 4 is 22.5 Å². The number of aromatic nitrogens is 1. The molecule has 1 heterocycles. The summed E-state index contributed by atoms with van der Waals surface area (Å²) in [6.45, 7) is 19.2. The van der Waals surface area contributed by atoms with Crippen LogP contribution in [0.15, 0.2) is 24.3 Å². The van der Waals surface area contributed by atoms with Gasteiger partial charge < -0.3 is 9.80 Å². The SMILES string of the molecule is C[C@@H]1[C@@H](CN(C)Cc2ccc3nc(Cl)c(CN(C)C[C@H]4C[C@H]5C[C@@H]([C@@H]4C)C5(C)C)cc3c2)C[C@H]2C[C@@H]1C2(C)C. The summed E-state index contributed by atoms with van der Waals surface area (Å²) < 4.78 is 0. The first-order valence-electron chi connectivity index (χ1n) is 15.8. The van der Waals surface area contributed by atoms with Crippen LogP contribution in [0.4, 0.5) is 0 Å². The molecule has 214 valence electrons. The van der Waals surface area contributed by atoms with Crippen molar-refractivity contribution in [3.8, 4) is 0 Å². The van der Waals surface area contributed by atoms with Gasteiger partial charge in [-0.2, -0.15) is 0 Å². The van der Waals surface area contributed by atoms with E-state index in [-0.39, 0.29) is 0 Å². The molecule has 0 radical (unpaired) electrons. The number of hydrogen-bond acceptors (Lipinski definition) is 3. The summed E-state index contributed by atoms with van der Waals surface area (Å²) >= 11 is 6.72. The second-order valence-electron chi connectivity index (χ2n) is 15.8. The van der Waals surface area contributed by atoms with Gasteiger partial charge in [-0.1, -0.05) is 59.2 Å². The normalized spacial score (nSPS) is 36.2. The van der Waals surface area contributed by atoms with Crippen LogP contribution in [0.2, 0.25) is 5.15 Å². The molecule has 0 spiro atoms. The van der Waals surface area contributed by atoms with Gasteiger partial charge in [0.25, 0.3) is 0 Å². The molecule has 6 aliphatic rings. The topological polar surface area (TPSA) is 19.4 Å². The number of rotatable bonds is 8. The number of halogens is 1. The Morgan fingerprint density at radius 3 is 1.85 bits per heavy atom. The molecule has 6 fully saturated rings. The van der Waals surface area contributed by atoms with E-state index in [1.807, 2.05) is 0 Å². The zero-order chi connectivity index (χ0) is 27.9. The number of pyridine rings is 1. The fourth-order valence-corrected chi connectivity index (χ4v) is 10.2. The molecule has 6 saturated carbocycles. The zero-order valence-electron chi connectivity index (χ0n) is 25.8. The number of benzene rings is 1. The van der Waals surface area contributed by atoms with E-state index in [1.165, 1.54) is 43.2 Å². The van der Waals surface area contributed by atoms with Gasteiger partial charge in [0.1, 0.15) is 5.15 Å². The van der Waals surface area contributed by atoms with Gasteiger partial charge in [-0.15, -0.1) is 0 Å². The van der Waals surface area contributed by atoms with Gasteiger partial charge in [0.05, 0.1) is 5.52 Å². The molecule has 6 aliphatic carbocycles. The molecule has 0 amide bonds. The summed E-state index contributed by atoms with van der Waals surface area (Å²) in [5.74, 6) is 6.94. The molecule has 0 unspecified atom stereocenters.